The Labute approximate surface area is 97.2 Å². The molecule has 1 rings (SSSR count). The van der Waals surface area contributed by atoms with Gasteiger partial charge in [-0.3, -0.25) is 9.48 Å². The molecule has 4 nitrogen and oxygen atoms in total. The number of carbonyl (C=O) groups excluding carboxylic acids is 1. The summed E-state index contributed by atoms with van der Waals surface area (Å²) in [5, 5.41) is 6.92. The molecular weight excluding hydrogens is 293 g/mol. The fraction of sp³-hybridized carbons (Fsp3) is 0.556. The highest BCUT2D eigenvalue weighted by atomic mass is 127. The summed E-state index contributed by atoms with van der Waals surface area (Å²) in [6.45, 7) is 4.33. The highest BCUT2D eigenvalue weighted by Crippen LogP contribution is 2.00. The average Bonchev–Trinajstić information content (AvgIpc) is 2.50. The number of nitrogens with zero attached hydrogens (tertiary/aromatic N) is 2. The lowest BCUT2D eigenvalue weighted by Crippen LogP contribution is -2.34. The van der Waals surface area contributed by atoms with Crippen LogP contribution in [-0.2, 0) is 11.3 Å². The lowest BCUT2D eigenvalue weighted by atomic mass is 10.2. The van der Waals surface area contributed by atoms with Crippen LogP contribution in [0.1, 0.15) is 20.3 Å². The van der Waals surface area contributed by atoms with Gasteiger partial charge in [0.1, 0.15) is 6.54 Å². The first-order valence-electron chi connectivity index (χ1n) is 4.59. The molecule has 0 fully saturated rings. The molecule has 1 unspecified atom stereocenters. The summed E-state index contributed by atoms with van der Waals surface area (Å²) in [5.41, 5.74) is 0. The Morgan fingerprint density at radius 2 is 2.50 bits per heavy atom. The van der Waals surface area contributed by atoms with Crippen molar-refractivity contribution in [3.63, 3.8) is 0 Å². The Morgan fingerprint density at radius 1 is 1.79 bits per heavy atom. The van der Waals surface area contributed by atoms with E-state index in [1.807, 2.05) is 20.0 Å². The Hall–Kier alpha value is -0.590. The molecule has 5 heteroatoms. The average molecular weight is 307 g/mol. The summed E-state index contributed by atoms with van der Waals surface area (Å²) in [6, 6.07) is 0.233. The molecule has 1 N–H and O–H groups in total. The van der Waals surface area contributed by atoms with E-state index in [2.05, 4.69) is 33.0 Å². The van der Waals surface area contributed by atoms with E-state index in [1.54, 1.807) is 10.9 Å². The maximum atomic E-state index is 11.4. The van der Waals surface area contributed by atoms with Crippen molar-refractivity contribution in [1.29, 1.82) is 0 Å². The SMILES string of the molecule is CCC(C)NC(=O)Cn1cc(I)cn1. The standard InChI is InChI=1S/C9H14IN3O/c1-3-7(2)12-9(14)6-13-5-8(10)4-11-13/h4-5,7H,3,6H2,1-2H3,(H,12,14). The molecule has 0 saturated heterocycles. The lowest BCUT2D eigenvalue weighted by Gasteiger charge is -2.10. The molecule has 14 heavy (non-hydrogen) atoms. The summed E-state index contributed by atoms with van der Waals surface area (Å²) >= 11 is 2.17. The highest BCUT2D eigenvalue weighted by molar-refractivity contribution is 14.1. The first kappa shape index (κ1) is 11.5. The number of aromatic nitrogens is 2. The van der Waals surface area contributed by atoms with Crippen molar-refractivity contribution < 1.29 is 4.79 Å². The smallest absolute Gasteiger partial charge is 0.241 e. The topological polar surface area (TPSA) is 46.9 Å². The van der Waals surface area contributed by atoms with Crippen LogP contribution in [0, 0.1) is 3.57 Å². The molecule has 0 bridgehead atoms. The number of carbonyl (C=O) groups is 1. The van der Waals surface area contributed by atoms with E-state index < -0.39 is 0 Å². The number of amides is 1. The predicted molar refractivity (Wildman–Crippen MR) is 62.8 cm³/mol. The summed E-state index contributed by atoms with van der Waals surface area (Å²) in [5.74, 6) is 0.0128. The molecule has 1 amide bonds. The Kier molecular flexibility index (Phi) is 4.37. The van der Waals surface area contributed by atoms with Gasteiger partial charge in [0.15, 0.2) is 0 Å². The minimum atomic E-state index is 0.0128. The van der Waals surface area contributed by atoms with Gasteiger partial charge in [-0.1, -0.05) is 6.92 Å². The van der Waals surface area contributed by atoms with Crippen LogP contribution in [0.3, 0.4) is 0 Å². The maximum absolute atomic E-state index is 11.4. The van der Waals surface area contributed by atoms with Crippen molar-refractivity contribution in [2.45, 2.75) is 32.9 Å². The zero-order chi connectivity index (χ0) is 10.6. The molecule has 1 aromatic rings. The largest absolute Gasteiger partial charge is 0.352 e. The van der Waals surface area contributed by atoms with Gasteiger partial charge >= 0.3 is 0 Å². The van der Waals surface area contributed by atoms with Crippen molar-refractivity contribution in [3.05, 3.63) is 16.0 Å². The Bertz CT molecular complexity index is 311. The Morgan fingerprint density at radius 3 is 3.00 bits per heavy atom. The van der Waals surface area contributed by atoms with Crippen LogP contribution in [0.4, 0.5) is 0 Å². The van der Waals surface area contributed by atoms with E-state index in [0.29, 0.717) is 6.54 Å². The third kappa shape index (κ3) is 3.65. The van der Waals surface area contributed by atoms with E-state index in [4.69, 9.17) is 0 Å². The molecule has 0 aliphatic heterocycles. The van der Waals surface area contributed by atoms with Gasteiger partial charge in [0.05, 0.1) is 9.77 Å². The second-order valence-electron chi connectivity index (χ2n) is 3.23. The second-order valence-corrected chi connectivity index (χ2v) is 4.48. The third-order valence-electron chi connectivity index (χ3n) is 1.93. The van der Waals surface area contributed by atoms with Crippen LogP contribution in [0.5, 0.6) is 0 Å². The van der Waals surface area contributed by atoms with E-state index >= 15 is 0 Å². The van der Waals surface area contributed by atoms with Crippen LogP contribution in [0.25, 0.3) is 0 Å². The van der Waals surface area contributed by atoms with E-state index in [0.717, 1.165) is 9.99 Å². The van der Waals surface area contributed by atoms with Crippen LogP contribution in [0.2, 0.25) is 0 Å². The quantitative estimate of drug-likeness (QED) is 0.855. The van der Waals surface area contributed by atoms with Crippen LogP contribution < -0.4 is 5.32 Å². The fourth-order valence-electron chi connectivity index (χ4n) is 0.994. The van der Waals surface area contributed by atoms with Gasteiger partial charge in [0.2, 0.25) is 5.91 Å². The normalized spacial score (nSPS) is 12.5. The summed E-state index contributed by atoms with van der Waals surface area (Å²) in [6.07, 6.45) is 4.52. The van der Waals surface area contributed by atoms with E-state index in [1.165, 1.54) is 0 Å². The maximum Gasteiger partial charge on any atom is 0.241 e. The minimum absolute atomic E-state index is 0.0128. The molecule has 0 radical (unpaired) electrons. The first-order chi connectivity index (χ1) is 6.61. The lowest BCUT2D eigenvalue weighted by molar-refractivity contribution is -0.122. The molecule has 0 aliphatic rings. The number of nitrogens with one attached hydrogen (secondary N) is 1. The van der Waals surface area contributed by atoms with E-state index in [9.17, 15) is 4.79 Å². The molecule has 1 aromatic heterocycles. The minimum Gasteiger partial charge on any atom is -0.352 e. The molecular formula is C9H14IN3O. The number of halogens is 1. The van der Waals surface area contributed by atoms with Gasteiger partial charge in [0, 0.05) is 12.2 Å². The van der Waals surface area contributed by atoms with Gasteiger partial charge in [-0.15, -0.1) is 0 Å². The van der Waals surface area contributed by atoms with E-state index in [-0.39, 0.29) is 11.9 Å². The zero-order valence-corrected chi connectivity index (χ0v) is 10.5. The number of hydrogen-bond acceptors (Lipinski definition) is 2. The van der Waals surface area contributed by atoms with Crippen molar-refractivity contribution in [2.24, 2.45) is 0 Å². The molecule has 0 aliphatic carbocycles. The molecule has 0 saturated carbocycles. The summed E-state index contributed by atoms with van der Waals surface area (Å²) < 4.78 is 2.68. The molecule has 0 aromatic carbocycles. The van der Waals surface area contributed by atoms with Crippen LogP contribution in [-0.4, -0.2) is 21.7 Å². The molecule has 1 heterocycles. The van der Waals surface area contributed by atoms with Crippen molar-refractivity contribution in [2.75, 3.05) is 0 Å². The van der Waals surface area contributed by atoms with Crippen molar-refractivity contribution in [1.82, 2.24) is 15.1 Å². The van der Waals surface area contributed by atoms with Crippen molar-refractivity contribution in [3.8, 4) is 0 Å². The van der Waals surface area contributed by atoms with Gasteiger partial charge in [-0.2, -0.15) is 5.10 Å². The van der Waals surface area contributed by atoms with Gasteiger partial charge in [-0.05, 0) is 35.9 Å². The number of hydrogen-bond donors (Lipinski definition) is 1. The third-order valence-corrected chi connectivity index (χ3v) is 2.48. The predicted octanol–water partition coefficient (Wildman–Crippen LogP) is 1.40. The molecule has 0 spiro atoms. The summed E-state index contributed by atoms with van der Waals surface area (Å²) in [7, 11) is 0. The van der Waals surface area contributed by atoms with Gasteiger partial charge in [0.25, 0.3) is 0 Å². The molecule has 1 atom stereocenters. The van der Waals surface area contributed by atoms with Crippen molar-refractivity contribution >= 4 is 28.5 Å². The second kappa shape index (κ2) is 5.33. The summed E-state index contributed by atoms with van der Waals surface area (Å²) in [4.78, 5) is 11.4. The Balaban J connectivity index is 2.41. The zero-order valence-electron chi connectivity index (χ0n) is 8.33. The van der Waals surface area contributed by atoms with Crippen LogP contribution in [0.15, 0.2) is 12.4 Å². The van der Waals surface area contributed by atoms with Gasteiger partial charge in [-0.25, -0.2) is 0 Å². The fourth-order valence-corrected chi connectivity index (χ4v) is 1.44. The highest BCUT2D eigenvalue weighted by Gasteiger charge is 2.06. The molecule has 78 valence electrons. The number of rotatable bonds is 4. The first-order valence-corrected chi connectivity index (χ1v) is 5.67. The monoisotopic (exact) mass is 307 g/mol. The van der Waals surface area contributed by atoms with Gasteiger partial charge < -0.3 is 5.32 Å². The van der Waals surface area contributed by atoms with Crippen LogP contribution >= 0.6 is 22.6 Å².